The van der Waals surface area contributed by atoms with Crippen LogP contribution in [0.4, 0.5) is 0 Å². The van der Waals surface area contributed by atoms with Crippen LogP contribution in [0.1, 0.15) is 34.3 Å². The number of benzene rings is 2. The van der Waals surface area contributed by atoms with Gasteiger partial charge in [-0.3, -0.25) is 4.79 Å². The van der Waals surface area contributed by atoms with Crippen molar-refractivity contribution in [3.8, 4) is 0 Å². The van der Waals surface area contributed by atoms with Gasteiger partial charge in [0.2, 0.25) is 10.0 Å². The van der Waals surface area contributed by atoms with Gasteiger partial charge in [-0.05, 0) is 59.5 Å². The van der Waals surface area contributed by atoms with Gasteiger partial charge >= 0.3 is 0 Å². The van der Waals surface area contributed by atoms with E-state index in [1.165, 1.54) is 16.4 Å². The van der Waals surface area contributed by atoms with Crippen molar-refractivity contribution in [2.24, 2.45) is 0 Å². The van der Waals surface area contributed by atoms with Crippen molar-refractivity contribution in [1.82, 2.24) is 9.62 Å². The van der Waals surface area contributed by atoms with E-state index in [2.05, 4.69) is 21.2 Å². The number of hydrogen-bond acceptors (Lipinski definition) is 3. The number of halogens is 1. The molecule has 0 spiro atoms. The summed E-state index contributed by atoms with van der Waals surface area (Å²) in [5.41, 5.74) is 2.46. The highest BCUT2D eigenvalue weighted by atomic mass is 79.9. The molecule has 1 amide bonds. The van der Waals surface area contributed by atoms with Crippen molar-refractivity contribution in [2.75, 3.05) is 13.1 Å². The van der Waals surface area contributed by atoms with Crippen molar-refractivity contribution < 1.29 is 13.2 Å². The zero-order valence-corrected chi connectivity index (χ0v) is 16.9. The molecule has 5 nitrogen and oxygen atoms in total. The zero-order valence-electron chi connectivity index (χ0n) is 14.5. The summed E-state index contributed by atoms with van der Waals surface area (Å²) in [6, 6.07) is 12.5. The number of carbonyl (C=O) groups is 1. The number of amides is 1. The molecule has 1 heterocycles. The minimum atomic E-state index is -3.55. The Bertz CT molecular complexity index is 905. The van der Waals surface area contributed by atoms with E-state index in [0.29, 0.717) is 29.7 Å². The van der Waals surface area contributed by atoms with Gasteiger partial charge in [-0.15, -0.1) is 0 Å². The first-order chi connectivity index (χ1) is 12.4. The molecular weight excluding hydrogens is 416 g/mol. The topological polar surface area (TPSA) is 66.5 Å². The lowest BCUT2D eigenvalue weighted by molar-refractivity contribution is 0.0950. The van der Waals surface area contributed by atoms with Crippen LogP contribution < -0.4 is 5.32 Å². The largest absolute Gasteiger partial charge is 0.348 e. The van der Waals surface area contributed by atoms with Gasteiger partial charge in [0.25, 0.3) is 5.91 Å². The van der Waals surface area contributed by atoms with Gasteiger partial charge in [0.15, 0.2) is 0 Å². The van der Waals surface area contributed by atoms with Crippen LogP contribution in [0.3, 0.4) is 0 Å². The van der Waals surface area contributed by atoms with E-state index in [1.54, 1.807) is 6.07 Å². The molecule has 0 saturated carbocycles. The Morgan fingerprint density at radius 2 is 1.77 bits per heavy atom. The second-order valence-electron chi connectivity index (χ2n) is 6.42. The van der Waals surface area contributed by atoms with Crippen LogP contribution in [0.25, 0.3) is 0 Å². The highest BCUT2D eigenvalue weighted by Gasteiger charge is 2.28. The van der Waals surface area contributed by atoms with Crippen LogP contribution in [0.15, 0.2) is 51.8 Å². The Hall–Kier alpha value is -1.70. The fraction of sp³-hybridized carbons (Fsp3) is 0.316. The molecule has 1 N–H and O–H groups in total. The SMILES string of the molecule is Cc1ccc(CNC(=O)c2cc(S(=O)(=O)N3CCCC3)ccc2Br)cc1. The van der Waals surface area contributed by atoms with Gasteiger partial charge in [-0.2, -0.15) is 4.31 Å². The number of hydrogen-bond donors (Lipinski definition) is 1. The maximum atomic E-state index is 12.7. The molecule has 0 bridgehead atoms. The highest BCUT2D eigenvalue weighted by Crippen LogP contribution is 2.25. The van der Waals surface area contributed by atoms with Crippen molar-refractivity contribution in [2.45, 2.75) is 31.2 Å². The molecule has 1 aliphatic heterocycles. The Morgan fingerprint density at radius 1 is 1.12 bits per heavy atom. The van der Waals surface area contributed by atoms with E-state index in [0.717, 1.165) is 24.0 Å². The third-order valence-electron chi connectivity index (χ3n) is 4.46. The summed E-state index contributed by atoms with van der Waals surface area (Å²) < 4.78 is 27.5. The Balaban J connectivity index is 1.78. The van der Waals surface area contributed by atoms with E-state index in [-0.39, 0.29) is 10.8 Å². The first-order valence-electron chi connectivity index (χ1n) is 8.51. The predicted molar refractivity (Wildman–Crippen MR) is 104 cm³/mol. The average molecular weight is 437 g/mol. The molecule has 138 valence electrons. The minimum Gasteiger partial charge on any atom is -0.348 e. The maximum Gasteiger partial charge on any atom is 0.252 e. The maximum absolute atomic E-state index is 12.7. The molecule has 0 radical (unpaired) electrons. The fourth-order valence-corrected chi connectivity index (χ4v) is 4.87. The van der Waals surface area contributed by atoms with Crippen LogP contribution in [0, 0.1) is 6.92 Å². The molecule has 3 rings (SSSR count). The number of carbonyl (C=O) groups excluding carboxylic acids is 1. The summed E-state index contributed by atoms with van der Waals surface area (Å²) in [5.74, 6) is -0.309. The number of nitrogens with one attached hydrogen (secondary N) is 1. The van der Waals surface area contributed by atoms with Crippen molar-refractivity contribution in [3.05, 3.63) is 63.6 Å². The molecule has 1 fully saturated rings. The number of nitrogens with zero attached hydrogens (tertiary/aromatic N) is 1. The minimum absolute atomic E-state index is 0.156. The van der Waals surface area contributed by atoms with E-state index >= 15 is 0 Å². The van der Waals surface area contributed by atoms with E-state index in [1.807, 2.05) is 31.2 Å². The summed E-state index contributed by atoms with van der Waals surface area (Å²) in [6.07, 6.45) is 1.75. The number of aryl methyl sites for hydroxylation is 1. The fourth-order valence-electron chi connectivity index (χ4n) is 2.90. The molecule has 0 aromatic heterocycles. The second kappa shape index (κ2) is 7.90. The standard InChI is InChI=1S/C19H21BrN2O3S/c1-14-4-6-15(7-5-14)13-21-19(23)17-12-16(8-9-18(17)20)26(24,25)22-10-2-3-11-22/h4-9,12H,2-3,10-11,13H2,1H3,(H,21,23). The third-order valence-corrected chi connectivity index (χ3v) is 7.05. The van der Waals surface area contributed by atoms with E-state index in [9.17, 15) is 13.2 Å². The van der Waals surface area contributed by atoms with Crippen LogP contribution in [0.2, 0.25) is 0 Å². The van der Waals surface area contributed by atoms with Gasteiger partial charge in [0, 0.05) is 24.1 Å². The molecule has 0 unspecified atom stereocenters. The first kappa shape index (κ1) is 19.1. The molecular formula is C19H21BrN2O3S. The summed E-state index contributed by atoms with van der Waals surface area (Å²) >= 11 is 3.35. The summed E-state index contributed by atoms with van der Waals surface area (Å²) in [4.78, 5) is 12.7. The highest BCUT2D eigenvalue weighted by molar-refractivity contribution is 9.10. The average Bonchev–Trinajstić information content (AvgIpc) is 3.17. The molecule has 0 atom stereocenters. The van der Waals surface area contributed by atoms with Crippen LogP contribution in [-0.2, 0) is 16.6 Å². The Kier molecular flexibility index (Phi) is 5.79. The molecule has 2 aromatic rings. The van der Waals surface area contributed by atoms with Gasteiger partial charge < -0.3 is 5.32 Å². The first-order valence-corrected chi connectivity index (χ1v) is 10.7. The van der Waals surface area contributed by atoms with Gasteiger partial charge in [-0.25, -0.2) is 8.42 Å². The number of sulfonamides is 1. The van der Waals surface area contributed by atoms with E-state index in [4.69, 9.17) is 0 Å². The van der Waals surface area contributed by atoms with Crippen molar-refractivity contribution in [3.63, 3.8) is 0 Å². The smallest absolute Gasteiger partial charge is 0.252 e. The summed E-state index contributed by atoms with van der Waals surface area (Å²) in [6.45, 7) is 3.46. The molecule has 0 aliphatic carbocycles. The molecule has 7 heteroatoms. The molecule has 2 aromatic carbocycles. The van der Waals surface area contributed by atoms with Crippen molar-refractivity contribution in [1.29, 1.82) is 0 Å². The normalized spacial score (nSPS) is 15.2. The Labute approximate surface area is 162 Å². The van der Waals surface area contributed by atoms with Crippen LogP contribution in [0.5, 0.6) is 0 Å². The monoisotopic (exact) mass is 436 g/mol. The predicted octanol–water partition coefficient (Wildman–Crippen LogP) is 3.47. The van der Waals surface area contributed by atoms with Crippen LogP contribution >= 0.6 is 15.9 Å². The molecule has 26 heavy (non-hydrogen) atoms. The van der Waals surface area contributed by atoms with Crippen molar-refractivity contribution >= 4 is 31.9 Å². The summed E-state index contributed by atoms with van der Waals surface area (Å²) in [7, 11) is -3.55. The van der Waals surface area contributed by atoms with Crippen LogP contribution in [-0.4, -0.2) is 31.7 Å². The quantitative estimate of drug-likeness (QED) is 0.779. The lowest BCUT2D eigenvalue weighted by atomic mass is 10.1. The lowest BCUT2D eigenvalue weighted by Gasteiger charge is -2.16. The van der Waals surface area contributed by atoms with Gasteiger partial charge in [-0.1, -0.05) is 29.8 Å². The second-order valence-corrected chi connectivity index (χ2v) is 9.21. The number of rotatable bonds is 5. The Morgan fingerprint density at radius 3 is 2.42 bits per heavy atom. The molecule has 1 saturated heterocycles. The van der Waals surface area contributed by atoms with E-state index < -0.39 is 10.0 Å². The zero-order chi connectivity index (χ0) is 18.7. The summed E-state index contributed by atoms with van der Waals surface area (Å²) in [5, 5.41) is 2.85. The third kappa shape index (κ3) is 4.16. The molecule has 1 aliphatic rings. The van der Waals surface area contributed by atoms with Gasteiger partial charge in [0.05, 0.1) is 10.5 Å². The van der Waals surface area contributed by atoms with Gasteiger partial charge in [0.1, 0.15) is 0 Å². The lowest BCUT2D eigenvalue weighted by Crippen LogP contribution is -2.28.